The van der Waals surface area contributed by atoms with Crippen molar-refractivity contribution in [2.24, 2.45) is 0 Å². The number of nitrogens with one attached hydrogen (secondary N) is 1. The molecule has 90 valence electrons. The fourth-order valence-electron chi connectivity index (χ4n) is 1.42. The van der Waals surface area contributed by atoms with Crippen molar-refractivity contribution < 1.29 is 9.50 Å². The van der Waals surface area contributed by atoms with Crippen molar-refractivity contribution in [3.63, 3.8) is 0 Å². The van der Waals surface area contributed by atoms with Crippen molar-refractivity contribution in [1.82, 2.24) is 5.32 Å². The summed E-state index contributed by atoms with van der Waals surface area (Å²) in [4.78, 5) is 0. The maximum Gasteiger partial charge on any atom is 0.123 e. The summed E-state index contributed by atoms with van der Waals surface area (Å²) in [5.74, 6) is -0.273. The minimum absolute atomic E-state index is 0.264. The fraction of sp³-hybridized carbons (Fsp3) is 0.500. The summed E-state index contributed by atoms with van der Waals surface area (Å²) in [6.07, 6.45) is 1.40. The van der Waals surface area contributed by atoms with E-state index >= 15 is 0 Å². The van der Waals surface area contributed by atoms with Gasteiger partial charge in [-0.3, -0.25) is 0 Å². The van der Waals surface area contributed by atoms with Crippen LogP contribution in [-0.4, -0.2) is 17.8 Å². The normalized spacial score (nSPS) is 12.8. The molecule has 0 bridgehead atoms. The molecule has 0 aromatic heterocycles. The molecule has 0 saturated carbocycles. The van der Waals surface area contributed by atoms with Gasteiger partial charge in [-0.2, -0.15) is 0 Å². The SMILES string of the molecule is CC(O)CCCNCc1cc(F)ccc1Cl. The molecule has 0 fully saturated rings. The van der Waals surface area contributed by atoms with Gasteiger partial charge in [0.1, 0.15) is 5.82 Å². The van der Waals surface area contributed by atoms with Gasteiger partial charge in [0.25, 0.3) is 0 Å². The summed E-state index contributed by atoms with van der Waals surface area (Å²) in [6, 6.07) is 4.34. The molecular weight excluding hydrogens is 229 g/mol. The molecule has 1 aromatic carbocycles. The predicted molar refractivity (Wildman–Crippen MR) is 64.0 cm³/mol. The van der Waals surface area contributed by atoms with Crippen LogP contribution in [0, 0.1) is 5.82 Å². The lowest BCUT2D eigenvalue weighted by atomic mass is 10.2. The summed E-state index contributed by atoms with van der Waals surface area (Å²) in [7, 11) is 0. The van der Waals surface area contributed by atoms with E-state index in [9.17, 15) is 4.39 Å². The summed E-state index contributed by atoms with van der Waals surface area (Å²) in [6.45, 7) is 3.11. The van der Waals surface area contributed by atoms with Crippen LogP contribution in [0.2, 0.25) is 5.02 Å². The highest BCUT2D eigenvalue weighted by Crippen LogP contribution is 2.16. The van der Waals surface area contributed by atoms with Crippen molar-refractivity contribution in [2.45, 2.75) is 32.4 Å². The Morgan fingerprint density at radius 2 is 2.25 bits per heavy atom. The molecule has 0 aliphatic carbocycles. The van der Waals surface area contributed by atoms with Crippen LogP contribution in [0.1, 0.15) is 25.3 Å². The van der Waals surface area contributed by atoms with Crippen LogP contribution in [0.3, 0.4) is 0 Å². The van der Waals surface area contributed by atoms with Crippen molar-refractivity contribution >= 4 is 11.6 Å². The number of hydrogen-bond acceptors (Lipinski definition) is 2. The van der Waals surface area contributed by atoms with E-state index in [4.69, 9.17) is 16.7 Å². The molecule has 0 spiro atoms. The van der Waals surface area contributed by atoms with Crippen LogP contribution in [-0.2, 0) is 6.54 Å². The van der Waals surface area contributed by atoms with Gasteiger partial charge < -0.3 is 10.4 Å². The smallest absolute Gasteiger partial charge is 0.123 e. The zero-order chi connectivity index (χ0) is 12.0. The molecule has 16 heavy (non-hydrogen) atoms. The number of aliphatic hydroxyl groups is 1. The van der Waals surface area contributed by atoms with Gasteiger partial charge in [0.2, 0.25) is 0 Å². The highest BCUT2D eigenvalue weighted by molar-refractivity contribution is 6.31. The average Bonchev–Trinajstić information content (AvgIpc) is 2.22. The molecule has 1 unspecified atom stereocenters. The Labute approximate surface area is 100 Å². The lowest BCUT2D eigenvalue weighted by molar-refractivity contribution is 0.181. The second-order valence-corrected chi connectivity index (χ2v) is 4.31. The lowest BCUT2D eigenvalue weighted by Gasteiger charge is -2.07. The Morgan fingerprint density at radius 3 is 2.94 bits per heavy atom. The third-order valence-corrected chi connectivity index (χ3v) is 2.67. The monoisotopic (exact) mass is 245 g/mol. The van der Waals surface area contributed by atoms with Crippen LogP contribution in [0.4, 0.5) is 4.39 Å². The standard InChI is InChI=1S/C12H17ClFNO/c1-9(16)3-2-6-15-8-10-7-11(14)4-5-12(10)13/h4-5,7,9,15-16H,2-3,6,8H2,1H3. The predicted octanol–water partition coefficient (Wildman–Crippen LogP) is 2.73. The highest BCUT2D eigenvalue weighted by Gasteiger charge is 2.01. The number of hydrogen-bond donors (Lipinski definition) is 2. The molecule has 0 aliphatic heterocycles. The highest BCUT2D eigenvalue weighted by atomic mass is 35.5. The van der Waals surface area contributed by atoms with E-state index in [1.165, 1.54) is 12.1 Å². The minimum Gasteiger partial charge on any atom is -0.393 e. The van der Waals surface area contributed by atoms with Gasteiger partial charge in [0.15, 0.2) is 0 Å². The minimum atomic E-state index is -0.273. The topological polar surface area (TPSA) is 32.3 Å². The van der Waals surface area contributed by atoms with E-state index in [2.05, 4.69) is 5.32 Å². The van der Waals surface area contributed by atoms with E-state index in [-0.39, 0.29) is 11.9 Å². The van der Waals surface area contributed by atoms with Crippen molar-refractivity contribution in [3.05, 3.63) is 34.6 Å². The number of benzene rings is 1. The van der Waals surface area contributed by atoms with Crippen LogP contribution < -0.4 is 5.32 Å². The number of rotatable bonds is 6. The van der Waals surface area contributed by atoms with Gasteiger partial charge in [-0.1, -0.05) is 11.6 Å². The summed E-state index contributed by atoms with van der Waals surface area (Å²) < 4.78 is 12.9. The molecule has 2 nitrogen and oxygen atoms in total. The zero-order valence-corrected chi connectivity index (χ0v) is 10.1. The van der Waals surface area contributed by atoms with Crippen molar-refractivity contribution in [3.8, 4) is 0 Å². The maximum absolute atomic E-state index is 12.9. The van der Waals surface area contributed by atoms with Gasteiger partial charge in [-0.05, 0) is 50.1 Å². The first-order chi connectivity index (χ1) is 7.59. The van der Waals surface area contributed by atoms with E-state index in [1.54, 1.807) is 13.0 Å². The summed E-state index contributed by atoms with van der Waals surface area (Å²) in [5.41, 5.74) is 0.763. The average molecular weight is 246 g/mol. The van der Waals surface area contributed by atoms with E-state index in [0.717, 1.165) is 24.9 Å². The Kier molecular flexibility index (Phi) is 5.74. The lowest BCUT2D eigenvalue weighted by Crippen LogP contribution is -2.16. The van der Waals surface area contributed by atoms with Gasteiger partial charge in [-0.25, -0.2) is 4.39 Å². The molecule has 0 amide bonds. The molecule has 0 heterocycles. The molecule has 2 N–H and O–H groups in total. The number of aliphatic hydroxyl groups excluding tert-OH is 1. The molecule has 1 atom stereocenters. The molecule has 0 aliphatic rings. The first-order valence-corrected chi connectivity index (χ1v) is 5.80. The van der Waals surface area contributed by atoms with Gasteiger partial charge in [0.05, 0.1) is 6.10 Å². The van der Waals surface area contributed by atoms with Gasteiger partial charge in [-0.15, -0.1) is 0 Å². The Balaban J connectivity index is 2.29. The van der Waals surface area contributed by atoms with Crippen LogP contribution in [0.5, 0.6) is 0 Å². The van der Waals surface area contributed by atoms with Crippen LogP contribution in [0.25, 0.3) is 0 Å². The van der Waals surface area contributed by atoms with Gasteiger partial charge >= 0.3 is 0 Å². The zero-order valence-electron chi connectivity index (χ0n) is 9.34. The van der Waals surface area contributed by atoms with E-state index < -0.39 is 0 Å². The third kappa shape index (κ3) is 4.92. The first kappa shape index (κ1) is 13.4. The quantitative estimate of drug-likeness (QED) is 0.756. The molecular formula is C12H17ClFNO. The Hall–Kier alpha value is -0.640. The van der Waals surface area contributed by atoms with E-state index in [1.807, 2.05) is 0 Å². The molecule has 1 rings (SSSR count). The Morgan fingerprint density at radius 1 is 1.50 bits per heavy atom. The molecule has 0 radical (unpaired) electrons. The maximum atomic E-state index is 12.9. The number of halogens is 2. The largest absolute Gasteiger partial charge is 0.393 e. The Bertz CT molecular complexity index is 331. The van der Waals surface area contributed by atoms with Crippen LogP contribution in [0.15, 0.2) is 18.2 Å². The van der Waals surface area contributed by atoms with Crippen molar-refractivity contribution in [1.29, 1.82) is 0 Å². The van der Waals surface area contributed by atoms with E-state index in [0.29, 0.717) is 11.6 Å². The molecule has 1 aromatic rings. The van der Waals surface area contributed by atoms with Gasteiger partial charge in [0, 0.05) is 11.6 Å². The first-order valence-electron chi connectivity index (χ1n) is 5.42. The van der Waals surface area contributed by atoms with Crippen molar-refractivity contribution in [2.75, 3.05) is 6.54 Å². The third-order valence-electron chi connectivity index (χ3n) is 2.30. The second-order valence-electron chi connectivity index (χ2n) is 3.90. The summed E-state index contributed by atoms with van der Waals surface area (Å²) >= 11 is 5.91. The summed E-state index contributed by atoms with van der Waals surface area (Å²) in [5, 5.41) is 12.8. The molecule has 4 heteroatoms. The molecule has 0 saturated heterocycles. The second kappa shape index (κ2) is 6.84. The van der Waals surface area contributed by atoms with Crippen LogP contribution >= 0.6 is 11.6 Å². The fourth-order valence-corrected chi connectivity index (χ4v) is 1.61.